The number of hydrogen-bond donors (Lipinski definition) is 0. The van der Waals surface area contributed by atoms with Crippen molar-refractivity contribution < 1.29 is 4.52 Å². The lowest BCUT2D eigenvalue weighted by Crippen LogP contribution is -2.32. The van der Waals surface area contributed by atoms with Gasteiger partial charge in [0.25, 0.3) is 11.8 Å². The molecule has 0 radical (unpaired) electrons. The Kier molecular flexibility index (Phi) is 3.49. The SMILES string of the molecule is CCc1ncc2c(n1)CN(c1noc(-c3ccccc3)n1)CC2. The molecular formula is C17H17N5O. The Balaban J connectivity index is 1.59. The Hall–Kier alpha value is -2.76. The first-order valence-electron chi connectivity index (χ1n) is 7.81. The van der Waals surface area contributed by atoms with Crippen LogP contribution in [0.4, 0.5) is 5.95 Å². The fourth-order valence-electron chi connectivity index (χ4n) is 2.73. The molecular weight excluding hydrogens is 290 g/mol. The molecule has 0 amide bonds. The molecule has 0 aliphatic carbocycles. The van der Waals surface area contributed by atoms with Crippen molar-refractivity contribution in [3.63, 3.8) is 0 Å². The maximum atomic E-state index is 5.40. The summed E-state index contributed by atoms with van der Waals surface area (Å²) in [5.41, 5.74) is 3.21. The number of rotatable bonds is 3. The Morgan fingerprint density at radius 1 is 1.17 bits per heavy atom. The van der Waals surface area contributed by atoms with Crippen LogP contribution in [-0.2, 0) is 19.4 Å². The standard InChI is InChI=1S/C17H17N5O/c1-2-15-18-10-13-8-9-22(11-14(13)19-15)17-20-16(23-21-17)12-6-4-3-5-7-12/h3-7,10H,2,8-9,11H2,1H3. The second kappa shape index (κ2) is 5.79. The van der Waals surface area contributed by atoms with E-state index in [1.54, 1.807) is 0 Å². The summed E-state index contributed by atoms with van der Waals surface area (Å²) in [6.07, 6.45) is 3.69. The zero-order valence-corrected chi connectivity index (χ0v) is 12.9. The summed E-state index contributed by atoms with van der Waals surface area (Å²) in [7, 11) is 0. The minimum atomic E-state index is 0.545. The number of anilines is 1. The third kappa shape index (κ3) is 2.67. The molecule has 1 aromatic carbocycles. The molecule has 0 N–H and O–H groups in total. The van der Waals surface area contributed by atoms with E-state index in [1.807, 2.05) is 36.5 Å². The summed E-state index contributed by atoms with van der Waals surface area (Å²) in [4.78, 5) is 15.6. The van der Waals surface area contributed by atoms with Gasteiger partial charge in [-0.1, -0.05) is 25.1 Å². The molecule has 0 fully saturated rings. The molecule has 0 atom stereocenters. The highest BCUT2D eigenvalue weighted by Crippen LogP contribution is 2.24. The summed E-state index contributed by atoms with van der Waals surface area (Å²) in [6, 6.07) is 9.81. The number of hydrogen-bond acceptors (Lipinski definition) is 6. The summed E-state index contributed by atoms with van der Waals surface area (Å²) >= 11 is 0. The van der Waals surface area contributed by atoms with Crippen LogP contribution < -0.4 is 4.90 Å². The predicted molar refractivity (Wildman–Crippen MR) is 85.9 cm³/mol. The summed E-state index contributed by atoms with van der Waals surface area (Å²) < 4.78 is 5.40. The molecule has 4 rings (SSSR count). The Bertz CT molecular complexity index is 815. The zero-order chi connectivity index (χ0) is 15.6. The van der Waals surface area contributed by atoms with Gasteiger partial charge in [-0.15, -0.1) is 0 Å². The Morgan fingerprint density at radius 3 is 2.87 bits per heavy atom. The van der Waals surface area contributed by atoms with Gasteiger partial charge in [0.2, 0.25) is 0 Å². The topological polar surface area (TPSA) is 67.9 Å². The van der Waals surface area contributed by atoms with E-state index in [0.29, 0.717) is 18.4 Å². The van der Waals surface area contributed by atoms with Crippen LogP contribution in [0.25, 0.3) is 11.5 Å². The third-order valence-corrected chi connectivity index (χ3v) is 4.03. The zero-order valence-electron chi connectivity index (χ0n) is 12.9. The highest BCUT2D eigenvalue weighted by Gasteiger charge is 2.22. The van der Waals surface area contributed by atoms with Crippen molar-refractivity contribution in [3.8, 4) is 11.5 Å². The lowest BCUT2D eigenvalue weighted by atomic mass is 10.1. The molecule has 0 spiro atoms. The summed E-state index contributed by atoms with van der Waals surface area (Å²) in [5, 5.41) is 4.13. The average Bonchev–Trinajstić information content (AvgIpc) is 3.11. The van der Waals surface area contributed by atoms with Crippen LogP contribution >= 0.6 is 0 Å². The second-order valence-corrected chi connectivity index (χ2v) is 5.55. The normalized spacial score (nSPS) is 13.9. The van der Waals surface area contributed by atoms with E-state index in [2.05, 4.69) is 31.9 Å². The van der Waals surface area contributed by atoms with Crippen LogP contribution in [0.15, 0.2) is 41.1 Å². The largest absolute Gasteiger partial charge is 0.332 e. The predicted octanol–water partition coefficient (Wildman–Crippen LogP) is 2.65. The van der Waals surface area contributed by atoms with Crippen molar-refractivity contribution in [3.05, 3.63) is 53.6 Å². The van der Waals surface area contributed by atoms with Gasteiger partial charge in [0.15, 0.2) is 0 Å². The molecule has 6 nitrogen and oxygen atoms in total. The van der Waals surface area contributed by atoms with Crippen LogP contribution in [0.5, 0.6) is 0 Å². The molecule has 0 saturated carbocycles. The van der Waals surface area contributed by atoms with Gasteiger partial charge in [0.05, 0.1) is 12.2 Å². The van der Waals surface area contributed by atoms with Crippen LogP contribution in [0.1, 0.15) is 24.0 Å². The van der Waals surface area contributed by atoms with Crippen LogP contribution in [-0.4, -0.2) is 26.7 Å². The van der Waals surface area contributed by atoms with Crippen molar-refractivity contribution in [2.24, 2.45) is 0 Å². The smallest absolute Gasteiger partial charge is 0.266 e. The number of fused-ring (bicyclic) bond motifs is 1. The second-order valence-electron chi connectivity index (χ2n) is 5.55. The molecule has 2 aromatic heterocycles. The number of aryl methyl sites for hydroxylation is 1. The molecule has 0 unspecified atom stereocenters. The lowest BCUT2D eigenvalue weighted by molar-refractivity contribution is 0.428. The highest BCUT2D eigenvalue weighted by molar-refractivity contribution is 5.54. The molecule has 0 saturated heterocycles. The van der Waals surface area contributed by atoms with Crippen molar-refractivity contribution in [2.45, 2.75) is 26.3 Å². The van der Waals surface area contributed by atoms with Crippen molar-refractivity contribution >= 4 is 5.95 Å². The molecule has 6 heteroatoms. The van der Waals surface area contributed by atoms with Gasteiger partial charge in [0, 0.05) is 24.7 Å². The van der Waals surface area contributed by atoms with E-state index in [-0.39, 0.29) is 0 Å². The fraction of sp³-hybridized carbons (Fsp3) is 0.294. The Labute approximate surface area is 134 Å². The average molecular weight is 307 g/mol. The van der Waals surface area contributed by atoms with E-state index in [0.717, 1.165) is 36.5 Å². The molecule has 23 heavy (non-hydrogen) atoms. The van der Waals surface area contributed by atoms with Crippen LogP contribution in [0, 0.1) is 0 Å². The minimum Gasteiger partial charge on any atom is -0.332 e. The summed E-state index contributed by atoms with van der Waals surface area (Å²) in [6.45, 7) is 3.60. The molecule has 1 aliphatic rings. The van der Waals surface area contributed by atoms with E-state index >= 15 is 0 Å². The van der Waals surface area contributed by atoms with Gasteiger partial charge in [-0.25, -0.2) is 9.97 Å². The first kappa shape index (κ1) is 13.9. The quantitative estimate of drug-likeness (QED) is 0.741. The number of benzene rings is 1. The van der Waals surface area contributed by atoms with Crippen molar-refractivity contribution in [2.75, 3.05) is 11.4 Å². The van der Waals surface area contributed by atoms with E-state index in [9.17, 15) is 0 Å². The fourth-order valence-corrected chi connectivity index (χ4v) is 2.73. The minimum absolute atomic E-state index is 0.545. The van der Waals surface area contributed by atoms with E-state index < -0.39 is 0 Å². The van der Waals surface area contributed by atoms with Gasteiger partial charge in [0.1, 0.15) is 5.82 Å². The first-order chi connectivity index (χ1) is 11.3. The highest BCUT2D eigenvalue weighted by atomic mass is 16.5. The molecule has 3 heterocycles. The monoisotopic (exact) mass is 307 g/mol. The van der Waals surface area contributed by atoms with Crippen molar-refractivity contribution in [1.29, 1.82) is 0 Å². The Morgan fingerprint density at radius 2 is 2.04 bits per heavy atom. The first-order valence-corrected chi connectivity index (χ1v) is 7.81. The third-order valence-electron chi connectivity index (χ3n) is 4.03. The van der Waals surface area contributed by atoms with Gasteiger partial charge in [-0.3, -0.25) is 0 Å². The van der Waals surface area contributed by atoms with Gasteiger partial charge < -0.3 is 9.42 Å². The number of aromatic nitrogens is 4. The summed E-state index contributed by atoms with van der Waals surface area (Å²) in [5.74, 6) is 2.04. The van der Waals surface area contributed by atoms with Gasteiger partial charge in [-0.2, -0.15) is 4.98 Å². The lowest BCUT2D eigenvalue weighted by Gasteiger charge is -2.26. The maximum Gasteiger partial charge on any atom is 0.266 e. The molecule has 116 valence electrons. The maximum absolute atomic E-state index is 5.40. The molecule has 3 aromatic rings. The van der Waals surface area contributed by atoms with Crippen LogP contribution in [0.3, 0.4) is 0 Å². The van der Waals surface area contributed by atoms with Gasteiger partial charge >= 0.3 is 0 Å². The van der Waals surface area contributed by atoms with E-state index in [4.69, 9.17) is 4.52 Å². The molecule has 0 bridgehead atoms. The van der Waals surface area contributed by atoms with Crippen molar-refractivity contribution in [1.82, 2.24) is 20.1 Å². The van der Waals surface area contributed by atoms with E-state index in [1.165, 1.54) is 5.56 Å². The van der Waals surface area contributed by atoms with Gasteiger partial charge in [-0.05, 0) is 29.3 Å². The van der Waals surface area contributed by atoms with Crippen LogP contribution in [0.2, 0.25) is 0 Å². The molecule has 1 aliphatic heterocycles. The number of nitrogens with zero attached hydrogens (tertiary/aromatic N) is 5.